The van der Waals surface area contributed by atoms with Crippen LogP contribution >= 0.6 is 11.6 Å². The molecule has 8 heteroatoms. The molecule has 1 aromatic carbocycles. The van der Waals surface area contributed by atoms with E-state index in [1.54, 1.807) is 12.4 Å². The van der Waals surface area contributed by atoms with Gasteiger partial charge in [-0.15, -0.1) is 0 Å². The van der Waals surface area contributed by atoms with Crippen LogP contribution in [0.4, 0.5) is 11.5 Å². The molecule has 0 spiro atoms. The molecule has 2 aliphatic heterocycles. The topological polar surface area (TPSA) is 75.9 Å². The van der Waals surface area contributed by atoms with Crippen molar-refractivity contribution >= 4 is 40.2 Å². The second kappa shape index (κ2) is 8.46. The van der Waals surface area contributed by atoms with Gasteiger partial charge in [0, 0.05) is 36.8 Å². The summed E-state index contributed by atoms with van der Waals surface area (Å²) in [7, 11) is 0. The number of fused-ring (bicyclic) bond motifs is 3. The molecular formula is C23H27ClN6O. The number of rotatable bonds is 3. The zero-order valence-corrected chi connectivity index (χ0v) is 18.5. The van der Waals surface area contributed by atoms with Crippen LogP contribution in [0.15, 0.2) is 24.5 Å². The van der Waals surface area contributed by atoms with Crippen LogP contribution in [0.2, 0.25) is 5.02 Å². The Morgan fingerprint density at radius 1 is 1.16 bits per heavy atom. The lowest BCUT2D eigenvalue weighted by atomic mass is 9.96. The molecule has 4 heterocycles. The predicted octanol–water partition coefficient (Wildman–Crippen LogP) is 4.37. The third-order valence-corrected chi connectivity index (χ3v) is 6.65. The van der Waals surface area contributed by atoms with E-state index in [-0.39, 0.29) is 11.8 Å². The van der Waals surface area contributed by atoms with E-state index in [1.807, 2.05) is 19.1 Å². The lowest BCUT2D eigenvalue weighted by molar-refractivity contribution is -0.120. The van der Waals surface area contributed by atoms with Crippen LogP contribution in [-0.2, 0) is 17.8 Å². The molecule has 0 aliphatic carbocycles. The maximum Gasteiger partial charge on any atom is 0.229 e. The van der Waals surface area contributed by atoms with E-state index >= 15 is 0 Å². The summed E-state index contributed by atoms with van der Waals surface area (Å²) in [6.07, 6.45) is 7.99. The monoisotopic (exact) mass is 438 g/mol. The van der Waals surface area contributed by atoms with Gasteiger partial charge in [0.05, 0.1) is 5.92 Å². The first-order valence-electron chi connectivity index (χ1n) is 11.1. The van der Waals surface area contributed by atoms with Gasteiger partial charge in [0.25, 0.3) is 0 Å². The number of carbonyl (C=O) groups excluding carboxylic acids is 1. The van der Waals surface area contributed by atoms with Crippen LogP contribution in [0.3, 0.4) is 0 Å². The van der Waals surface area contributed by atoms with Gasteiger partial charge in [0.15, 0.2) is 17.0 Å². The smallest absolute Gasteiger partial charge is 0.229 e. The van der Waals surface area contributed by atoms with E-state index in [1.165, 1.54) is 12.8 Å². The number of halogens is 1. The van der Waals surface area contributed by atoms with Crippen molar-refractivity contribution in [2.24, 2.45) is 5.92 Å². The Bertz CT molecular complexity index is 1130. The highest BCUT2D eigenvalue weighted by Gasteiger charge is 2.29. The molecule has 1 N–H and O–H groups in total. The molecule has 1 saturated heterocycles. The average Bonchev–Trinajstić information content (AvgIpc) is 2.96. The summed E-state index contributed by atoms with van der Waals surface area (Å²) in [6, 6.07) is 5.53. The fourth-order valence-electron chi connectivity index (χ4n) is 4.74. The Hall–Kier alpha value is -2.67. The minimum atomic E-state index is -0.103. The fourth-order valence-corrected chi connectivity index (χ4v) is 4.97. The summed E-state index contributed by atoms with van der Waals surface area (Å²) in [5, 5.41) is 3.76. The molecule has 0 radical (unpaired) electrons. The summed E-state index contributed by atoms with van der Waals surface area (Å²) in [6.45, 7) is 4.42. The molecule has 5 rings (SSSR count). The molecule has 1 atom stereocenters. The number of nitrogens with zero attached hydrogens (tertiary/aromatic N) is 5. The number of amides is 1. The number of piperidine rings is 1. The molecule has 1 fully saturated rings. The maximum absolute atomic E-state index is 13.0. The standard InChI is InChI=1S/C23H27ClN6O/c1-15-12-17(24)8-9-18(15)27-23(31)16-6-5-10-29(13-16)21-20-22(26-14-25-21)30-11-4-2-3-7-19(30)28-20/h8-9,12,14,16H,2-7,10-11,13H2,1H3,(H,27,31)/t16-/m0/s1. The van der Waals surface area contributed by atoms with Gasteiger partial charge in [0.2, 0.25) is 5.91 Å². The third kappa shape index (κ3) is 3.99. The highest BCUT2D eigenvalue weighted by atomic mass is 35.5. The van der Waals surface area contributed by atoms with Crippen LogP contribution in [0.1, 0.15) is 43.5 Å². The van der Waals surface area contributed by atoms with E-state index in [0.29, 0.717) is 11.6 Å². The van der Waals surface area contributed by atoms with Crippen LogP contribution in [0.5, 0.6) is 0 Å². The molecule has 1 amide bonds. The van der Waals surface area contributed by atoms with Gasteiger partial charge < -0.3 is 14.8 Å². The Kier molecular flexibility index (Phi) is 5.52. The number of aryl methyl sites for hydroxylation is 3. The number of benzene rings is 1. The number of imidazole rings is 1. The molecule has 3 aromatic rings. The van der Waals surface area contributed by atoms with Gasteiger partial charge in [0.1, 0.15) is 12.2 Å². The van der Waals surface area contributed by atoms with E-state index < -0.39 is 0 Å². The first kappa shape index (κ1) is 20.2. The number of anilines is 2. The lowest BCUT2D eigenvalue weighted by Gasteiger charge is -2.33. The van der Waals surface area contributed by atoms with Gasteiger partial charge in [-0.05, 0) is 56.4 Å². The lowest BCUT2D eigenvalue weighted by Crippen LogP contribution is -2.41. The van der Waals surface area contributed by atoms with Crippen LogP contribution in [0, 0.1) is 12.8 Å². The van der Waals surface area contributed by atoms with Gasteiger partial charge in [-0.3, -0.25) is 4.79 Å². The van der Waals surface area contributed by atoms with Crippen LogP contribution in [-0.4, -0.2) is 38.5 Å². The number of carbonyl (C=O) groups is 1. The number of aromatic nitrogens is 4. The van der Waals surface area contributed by atoms with Crippen molar-refractivity contribution in [3.63, 3.8) is 0 Å². The van der Waals surface area contributed by atoms with E-state index in [0.717, 1.165) is 72.8 Å². The maximum atomic E-state index is 13.0. The average molecular weight is 439 g/mol. The summed E-state index contributed by atoms with van der Waals surface area (Å²) in [5.74, 6) is 1.90. The molecule has 7 nitrogen and oxygen atoms in total. The highest BCUT2D eigenvalue weighted by molar-refractivity contribution is 6.30. The Morgan fingerprint density at radius 3 is 2.94 bits per heavy atom. The van der Waals surface area contributed by atoms with Crippen molar-refractivity contribution in [2.45, 2.75) is 52.0 Å². The van der Waals surface area contributed by atoms with Gasteiger partial charge in [-0.2, -0.15) is 0 Å². The first-order valence-corrected chi connectivity index (χ1v) is 11.5. The zero-order valence-electron chi connectivity index (χ0n) is 17.8. The summed E-state index contributed by atoms with van der Waals surface area (Å²) in [4.78, 5) is 29.3. The predicted molar refractivity (Wildman–Crippen MR) is 123 cm³/mol. The molecule has 2 aliphatic rings. The van der Waals surface area contributed by atoms with Gasteiger partial charge in [-0.25, -0.2) is 15.0 Å². The molecule has 2 aromatic heterocycles. The summed E-state index contributed by atoms with van der Waals surface area (Å²) in [5.41, 5.74) is 3.57. The Morgan fingerprint density at radius 2 is 2.06 bits per heavy atom. The summed E-state index contributed by atoms with van der Waals surface area (Å²) >= 11 is 6.04. The third-order valence-electron chi connectivity index (χ3n) is 6.41. The number of hydrogen-bond acceptors (Lipinski definition) is 5. The quantitative estimate of drug-likeness (QED) is 0.657. The van der Waals surface area contributed by atoms with Crippen molar-refractivity contribution in [1.29, 1.82) is 0 Å². The van der Waals surface area contributed by atoms with Crippen LogP contribution in [0.25, 0.3) is 11.2 Å². The minimum absolute atomic E-state index is 0.0426. The Balaban J connectivity index is 1.38. The van der Waals surface area contributed by atoms with Crippen molar-refractivity contribution in [2.75, 3.05) is 23.3 Å². The fraction of sp³-hybridized carbons (Fsp3) is 0.478. The van der Waals surface area contributed by atoms with Crippen molar-refractivity contribution in [3.05, 3.63) is 40.9 Å². The molecular weight excluding hydrogens is 412 g/mol. The van der Waals surface area contributed by atoms with E-state index in [4.69, 9.17) is 16.6 Å². The van der Waals surface area contributed by atoms with Crippen molar-refractivity contribution < 1.29 is 4.79 Å². The van der Waals surface area contributed by atoms with Crippen molar-refractivity contribution in [1.82, 2.24) is 19.5 Å². The molecule has 0 unspecified atom stereocenters. The molecule has 0 bridgehead atoms. The Labute approximate surface area is 186 Å². The largest absolute Gasteiger partial charge is 0.354 e. The molecule has 31 heavy (non-hydrogen) atoms. The SMILES string of the molecule is Cc1cc(Cl)ccc1NC(=O)[C@H]1CCCN(c2ncnc3c2nc2n3CCCCC2)C1. The second-order valence-corrected chi connectivity index (χ2v) is 9.03. The van der Waals surface area contributed by atoms with Gasteiger partial charge >= 0.3 is 0 Å². The van der Waals surface area contributed by atoms with E-state index in [9.17, 15) is 4.79 Å². The van der Waals surface area contributed by atoms with Crippen LogP contribution < -0.4 is 10.2 Å². The normalized spacial score (nSPS) is 19.2. The summed E-state index contributed by atoms with van der Waals surface area (Å²) < 4.78 is 2.25. The molecule has 162 valence electrons. The minimum Gasteiger partial charge on any atom is -0.354 e. The molecule has 0 saturated carbocycles. The highest BCUT2D eigenvalue weighted by Crippen LogP contribution is 2.30. The van der Waals surface area contributed by atoms with Gasteiger partial charge in [-0.1, -0.05) is 18.0 Å². The first-order chi connectivity index (χ1) is 15.1. The van der Waals surface area contributed by atoms with Crippen molar-refractivity contribution in [3.8, 4) is 0 Å². The zero-order chi connectivity index (χ0) is 21.4. The number of hydrogen-bond donors (Lipinski definition) is 1. The number of nitrogens with one attached hydrogen (secondary N) is 1. The second-order valence-electron chi connectivity index (χ2n) is 8.59. The van der Waals surface area contributed by atoms with E-state index in [2.05, 4.69) is 24.8 Å².